The number of hydrogen-bond donors (Lipinski definition) is 2. The van der Waals surface area contributed by atoms with Crippen molar-refractivity contribution < 1.29 is 4.79 Å². The molecular weight excluding hydrogens is 232 g/mol. The lowest BCUT2D eigenvalue weighted by Gasteiger charge is -2.27. The molecule has 1 aromatic rings. The molecule has 1 aliphatic rings. The summed E-state index contributed by atoms with van der Waals surface area (Å²) in [5.41, 5.74) is -0.0152. The molecule has 0 aromatic carbocycles. The van der Waals surface area contributed by atoms with Gasteiger partial charge in [0.15, 0.2) is 0 Å². The molecule has 1 fully saturated rings. The van der Waals surface area contributed by atoms with E-state index in [0.717, 1.165) is 38.7 Å². The summed E-state index contributed by atoms with van der Waals surface area (Å²) in [6, 6.07) is 0. The molecule has 1 aromatic heterocycles. The Morgan fingerprint density at radius 2 is 2.22 bits per heavy atom. The number of piperidine rings is 1. The minimum absolute atomic E-state index is 0.148. The van der Waals surface area contributed by atoms with Crippen molar-refractivity contribution in [1.82, 2.24) is 20.2 Å². The summed E-state index contributed by atoms with van der Waals surface area (Å²) < 4.78 is 0. The van der Waals surface area contributed by atoms with Gasteiger partial charge in [-0.2, -0.15) is 0 Å². The molecule has 1 amide bonds. The van der Waals surface area contributed by atoms with Gasteiger partial charge in [-0.3, -0.25) is 9.59 Å². The van der Waals surface area contributed by atoms with Crippen LogP contribution in [-0.4, -0.2) is 47.5 Å². The average Bonchev–Trinajstić information content (AvgIpc) is 2.40. The number of nitrogens with one attached hydrogen (secondary N) is 2. The first-order valence-electron chi connectivity index (χ1n) is 6.17. The van der Waals surface area contributed by atoms with Gasteiger partial charge < -0.3 is 15.2 Å². The molecule has 2 heterocycles. The van der Waals surface area contributed by atoms with E-state index in [1.807, 2.05) is 0 Å². The summed E-state index contributed by atoms with van der Waals surface area (Å²) in [5, 5.41) is 3.30. The van der Waals surface area contributed by atoms with Crippen LogP contribution in [0.15, 0.2) is 17.2 Å². The minimum Gasteiger partial charge on any atom is -0.340 e. The Hall–Kier alpha value is -1.69. The smallest absolute Gasteiger partial charge is 0.273 e. The van der Waals surface area contributed by atoms with E-state index in [4.69, 9.17) is 0 Å². The van der Waals surface area contributed by atoms with Crippen LogP contribution in [-0.2, 0) is 0 Å². The lowest BCUT2D eigenvalue weighted by molar-refractivity contribution is 0.0756. The van der Waals surface area contributed by atoms with Crippen LogP contribution in [0.3, 0.4) is 0 Å². The van der Waals surface area contributed by atoms with Crippen molar-refractivity contribution in [3.8, 4) is 0 Å². The second-order valence-corrected chi connectivity index (χ2v) is 4.68. The fourth-order valence-electron chi connectivity index (χ4n) is 2.19. The van der Waals surface area contributed by atoms with Crippen molar-refractivity contribution in [2.75, 3.05) is 26.7 Å². The number of rotatable bonds is 3. The van der Waals surface area contributed by atoms with Crippen LogP contribution in [0.2, 0.25) is 0 Å². The maximum absolute atomic E-state index is 12.1. The molecule has 2 N–H and O–H groups in total. The van der Waals surface area contributed by atoms with E-state index in [2.05, 4.69) is 15.3 Å². The highest BCUT2D eigenvalue weighted by Crippen LogP contribution is 2.13. The maximum Gasteiger partial charge on any atom is 0.273 e. The number of nitrogens with zero attached hydrogens (tertiary/aromatic N) is 2. The second kappa shape index (κ2) is 5.77. The quantitative estimate of drug-likeness (QED) is 0.781. The van der Waals surface area contributed by atoms with Gasteiger partial charge in [0.25, 0.3) is 11.5 Å². The van der Waals surface area contributed by atoms with Crippen LogP contribution in [0, 0.1) is 5.92 Å². The molecule has 6 heteroatoms. The summed E-state index contributed by atoms with van der Waals surface area (Å²) in [6.45, 7) is 2.77. The van der Waals surface area contributed by atoms with Gasteiger partial charge in [0.1, 0.15) is 5.69 Å². The Labute approximate surface area is 105 Å². The highest BCUT2D eigenvalue weighted by molar-refractivity contribution is 5.91. The first kappa shape index (κ1) is 12.8. The van der Waals surface area contributed by atoms with E-state index in [1.165, 1.54) is 6.20 Å². The van der Waals surface area contributed by atoms with Crippen molar-refractivity contribution in [2.24, 2.45) is 5.92 Å². The first-order chi connectivity index (χ1) is 8.66. The third-order valence-corrected chi connectivity index (χ3v) is 3.23. The summed E-state index contributed by atoms with van der Waals surface area (Å²) in [5.74, 6) is 0.396. The zero-order chi connectivity index (χ0) is 13.0. The number of amides is 1. The van der Waals surface area contributed by atoms with Gasteiger partial charge in [-0.05, 0) is 31.8 Å². The van der Waals surface area contributed by atoms with Crippen LogP contribution in [0.25, 0.3) is 0 Å². The summed E-state index contributed by atoms with van der Waals surface area (Å²) in [6.07, 6.45) is 4.68. The molecule has 1 saturated heterocycles. The van der Waals surface area contributed by atoms with E-state index >= 15 is 0 Å². The molecule has 2 rings (SSSR count). The molecule has 0 unspecified atom stereocenters. The number of aromatic nitrogens is 2. The number of hydrogen-bond acceptors (Lipinski definition) is 4. The van der Waals surface area contributed by atoms with E-state index in [0.29, 0.717) is 5.92 Å². The predicted octanol–water partition coefficient (Wildman–Crippen LogP) is -0.158. The first-order valence-corrected chi connectivity index (χ1v) is 6.17. The molecular formula is C12H18N4O2. The third kappa shape index (κ3) is 3.16. The molecule has 0 spiro atoms. The second-order valence-electron chi connectivity index (χ2n) is 4.68. The van der Waals surface area contributed by atoms with Gasteiger partial charge in [-0.1, -0.05) is 0 Å². The Balaban J connectivity index is 1.95. The Kier molecular flexibility index (Phi) is 4.09. The van der Waals surface area contributed by atoms with Crippen LogP contribution in [0.5, 0.6) is 0 Å². The molecule has 98 valence electrons. The van der Waals surface area contributed by atoms with Gasteiger partial charge in [0.05, 0.1) is 6.20 Å². The molecule has 0 radical (unpaired) electrons. The van der Waals surface area contributed by atoms with Crippen LogP contribution in [0.1, 0.15) is 23.3 Å². The molecule has 0 atom stereocenters. The maximum atomic E-state index is 12.1. The van der Waals surface area contributed by atoms with Gasteiger partial charge in [0, 0.05) is 19.8 Å². The number of aromatic amines is 1. The molecule has 1 aliphatic heterocycles. The van der Waals surface area contributed by atoms with Crippen molar-refractivity contribution in [3.05, 3.63) is 28.4 Å². The van der Waals surface area contributed by atoms with Crippen molar-refractivity contribution in [3.63, 3.8) is 0 Å². The topological polar surface area (TPSA) is 78.1 Å². The largest absolute Gasteiger partial charge is 0.340 e. The SMILES string of the molecule is CN(CC1CCNCC1)C(=O)c1c[nH]c(=O)cn1. The van der Waals surface area contributed by atoms with Crippen molar-refractivity contribution >= 4 is 5.91 Å². The van der Waals surface area contributed by atoms with E-state index in [9.17, 15) is 9.59 Å². The summed E-state index contributed by atoms with van der Waals surface area (Å²) in [4.78, 5) is 30.9. The zero-order valence-corrected chi connectivity index (χ0v) is 10.5. The zero-order valence-electron chi connectivity index (χ0n) is 10.5. The predicted molar refractivity (Wildman–Crippen MR) is 67.4 cm³/mol. The summed E-state index contributed by atoms with van der Waals surface area (Å²) in [7, 11) is 1.77. The van der Waals surface area contributed by atoms with Gasteiger partial charge in [0.2, 0.25) is 0 Å². The third-order valence-electron chi connectivity index (χ3n) is 3.23. The van der Waals surface area contributed by atoms with Crippen molar-refractivity contribution in [1.29, 1.82) is 0 Å². The Bertz CT molecular complexity index is 445. The normalized spacial score (nSPS) is 16.5. The molecule has 0 saturated carbocycles. The van der Waals surface area contributed by atoms with Gasteiger partial charge in [-0.25, -0.2) is 4.98 Å². The van der Waals surface area contributed by atoms with Crippen molar-refractivity contribution in [2.45, 2.75) is 12.8 Å². The number of H-pyrrole nitrogens is 1. The molecule has 0 aliphatic carbocycles. The van der Waals surface area contributed by atoms with Crippen LogP contribution in [0.4, 0.5) is 0 Å². The number of carbonyl (C=O) groups is 1. The minimum atomic E-state index is -0.299. The fraction of sp³-hybridized carbons (Fsp3) is 0.583. The summed E-state index contributed by atoms with van der Waals surface area (Å²) >= 11 is 0. The Morgan fingerprint density at radius 3 is 2.83 bits per heavy atom. The standard InChI is InChI=1S/C12H18N4O2/c1-16(8-9-2-4-13-5-3-9)12(18)10-6-15-11(17)7-14-10/h6-7,9,13H,2-5,8H2,1H3,(H,15,17). The Morgan fingerprint density at radius 1 is 1.50 bits per heavy atom. The van der Waals surface area contributed by atoms with E-state index in [1.54, 1.807) is 11.9 Å². The average molecular weight is 250 g/mol. The monoisotopic (exact) mass is 250 g/mol. The highest BCUT2D eigenvalue weighted by Gasteiger charge is 2.19. The molecule has 6 nitrogen and oxygen atoms in total. The number of carbonyl (C=O) groups excluding carboxylic acids is 1. The highest BCUT2D eigenvalue weighted by atomic mass is 16.2. The van der Waals surface area contributed by atoms with Gasteiger partial charge >= 0.3 is 0 Å². The lowest BCUT2D eigenvalue weighted by atomic mass is 9.97. The lowest BCUT2D eigenvalue weighted by Crippen LogP contribution is -2.37. The van der Waals surface area contributed by atoms with Crippen LogP contribution < -0.4 is 10.9 Å². The van der Waals surface area contributed by atoms with E-state index in [-0.39, 0.29) is 17.2 Å². The fourth-order valence-corrected chi connectivity index (χ4v) is 2.19. The molecule has 0 bridgehead atoms. The van der Waals surface area contributed by atoms with E-state index < -0.39 is 0 Å². The molecule has 18 heavy (non-hydrogen) atoms. The van der Waals surface area contributed by atoms with Gasteiger partial charge in [-0.15, -0.1) is 0 Å². The van der Waals surface area contributed by atoms with Crippen LogP contribution >= 0.6 is 0 Å².